The minimum absolute atomic E-state index is 0.150. The van der Waals surface area contributed by atoms with E-state index in [1.807, 2.05) is 48.7 Å². The third-order valence-corrected chi connectivity index (χ3v) is 6.69. The summed E-state index contributed by atoms with van der Waals surface area (Å²) in [7, 11) is 0. The van der Waals surface area contributed by atoms with Crippen LogP contribution >= 0.6 is 11.8 Å². The third-order valence-electron chi connectivity index (χ3n) is 5.20. The van der Waals surface area contributed by atoms with Gasteiger partial charge in [0, 0.05) is 11.6 Å². The van der Waals surface area contributed by atoms with Gasteiger partial charge in [0.25, 0.3) is 0 Å². The molecule has 1 unspecified atom stereocenters. The van der Waals surface area contributed by atoms with E-state index in [2.05, 4.69) is 15.5 Å². The summed E-state index contributed by atoms with van der Waals surface area (Å²) in [6.07, 6.45) is -2.48. The van der Waals surface area contributed by atoms with Gasteiger partial charge >= 0.3 is 6.18 Å². The summed E-state index contributed by atoms with van der Waals surface area (Å²) in [5, 5.41) is 11.1. The van der Waals surface area contributed by atoms with Gasteiger partial charge in [-0.2, -0.15) is 13.2 Å². The number of aromatic nitrogens is 3. The Morgan fingerprint density at radius 2 is 1.72 bits per heavy atom. The maximum Gasteiger partial charge on any atom is 0.418 e. The Bertz CT molecular complexity index is 1090. The number of hydrogen-bond donors (Lipinski definition) is 1. The van der Waals surface area contributed by atoms with Crippen LogP contribution in [0.25, 0.3) is 5.69 Å². The maximum absolute atomic E-state index is 13.4. The molecule has 0 radical (unpaired) electrons. The van der Waals surface area contributed by atoms with Crippen LogP contribution in [-0.2, 0) is 11.0 Å². The Morgan fingerprint density at radius 1 is 1.06 bits per heavy atom. The Labute approximate surface area is 188 Å². The van der Waals surface area contributed by atoms with Crippen LogP contribution in [0.5, 0.6) is 0 Å². The predicted octanol–water partition coefficient (Wildman–Crippen LogP) is 5.92. The lowest BCUT2D eigenvalue weighted by Crippen LogP contribution is -2.30. The average Bonchev–Trinajstić information content (AvgIpc) is 3.51. The molecular formula is C23H23F3N4OS. The molecule has 168 valence electrons. The summed E-state index contributed by atoms with van der Waals surface area (Å²) < 4.78 is 42.0. The second-order valence-electron chi connectivity index (χ2n) is 8.10. The molecule has 0 bridgehead atoms. The molecule has 1 N–H and O–H groups in total. The van der Waals surface area contributed by atoms with E-state index < -0.39 is 22.9 Å². The Kier molecular flexibility index (Phi) is 6.28. The average molecular weight is 461 g/mol. The smallest absolute Gasteiger partial charge is 0.325 e. The predicted molar refractivity (Wildman–Crippen MR) is 118 cm³/mol. The van der Waals surface area contributed by atoms with Crippen molar-refractivity contribution in [1.82, 2.24) is 14.8 Å². The molecular weight excluding hydrogens is 437 g/mol. The molecule has 2 aromatic carbocycles. The SMILES string of the molecule is CC(C)C(Sc1nnc(C2CC2)n1-c1ccccc1)C(=O)Nc1ccccc1C(F)(F)F. The quantitative estimate of drug-likeness (QED) is 0.445. The van der Waals surface area contributed by atoms with Crippen molar-refractivity contribution in [3.63, 3.8) is 0 Å². The lowest BCUT2D eigenvalue weighted by atomic mass is 10.1. The number of halogens is 3. The van der Waals surface area contributed by atoms with E-state index in [-0.39, 0.29) is 11.6 Å². The molecule has 1 aromatic heterocycles. The fourth-order valence-corrected chi connectivity index (χ4v) is 4.49. The number of para-hydroxylation sites is 2. The van der Waals surface area contributed by atoms with Crippen LogP contribution in [-0.4, -0.2) is 25.9 Å². The van der Waals surface area contributed by atoms with Crippen LogP contribution < -0.4 is 5.32 Å². The molecule has 9 heteroatoms. The van der Waals surface area contributed by atoms with E-state index in [1.165, 1.54) is 30.0 Å². The van der Waals surface area contributed by atoms with E-state index in [0.717, 1.165) is 30.4 Å². The minimum atomic E-state index is -4.56. The first-order chi connectivity index (χ1) is 15.3. The fourth-order valence-electron chi connectivity index (χ4n) is 3.43. The number of anilines is 1. The number of thioether (sulfide) groups is 1. The molecule has 3 aromatic rings. The van der Waals surface area contributed by atoms with Gasteiger partial charge in [-0.15, -0.1) is 10.2 Å². The number of alkyl halides is 3. The van der Waals surface area contributed by atoms with Crippen molar-refractivity contribution in [1.29, 1.82) is 0 Å². The Balaban J connectivity index is 1.63. The van der Waals surface area contributed by atoms with Crippen LogP contribution in [0.1, 0.15) is 44.0 Å². The summed E-state index contributed by atoms with van der Waals surface area (Å²) >= 11 is 1.22. The molecule has 0 saturated heterocycles. The maximum atomic E-state index is 13.4. The molecule has 5 nitrogen and oxygen atoms in total. The van der Waals surface area contributed by atoms with Crippen molar-refractivity contribution in [3.8, 4) is 5.69 Å². The number of hydrogen-bond acceptors (Lipinski definition) is 4. The Hall–Kier alpha value is -2.81. The topological polar surface area (TPSA) is 59.8 Å². The highest BCUT2D eigenvalue weighted by atomic mass is 32.2. The van der Waals surface area contributed by atoms with Crippen molar-refractivity contribution >= 4 is 23.4 Å². The zero-order chi connectivity index (χ0) is 22.9. The van der Waals surface area contributed by atoms with Crippen molar-refractivity contribution < 1.29 is 18.0 Å². The normalized spacial score (nSPS) is 15.1. The summed E-state index contributed by atoms with van der Waals surface area (Å²) in [6.45, 7) is 3.72. The summed E-state index contributed by atoms with van der Waals surface area (Å²) in [5.74, 6) is 0.534. The molecule has 1 heterocycles. The second kappa shape index (κ2) is 8.97. The number of benzene rings is 2. The molecule has 4 rings (SSSR count). The molecule has 32 heavy (non-hydrogen) atoms. The molecule has 0 spiro atoms. The highest BCUT2D eigenvalue weighted by Gasteiger charge is 2.36. The first kappa shape index (κ1) is 22.4. The molecule has 1 fully saturated rings. The van der Waals surface area contributed by atoms with Crippen LogP contribution in [0.2, 0.25) is 0 Å². The van der Waals surface area contributed by atoms with Gasteiger partial charge in [0.05, 0.1) is 16.5 Å². The van der Waals surface area contributed by atoms with Gasteiger partial charge in [-0.1, -0.05) is 55.9 Å². The lowest BCUT2D eigenvalue weighted by Gasteiger charge is -2.21. The number of nitrogens with zero attached hydrogens (tertiary/aromatic N) is 3. The standard InChI is InChI=1S/C23H23F3N4OS/c1-14(2)19(21(31)27-18-11-7-6-10-17(18)23(24,25)26)32-22-29-28-20(15-12-13-15)30(22)16-8-4-3-5-9-16/h3-11,14-15,19H,12-13H2,1-2H3,(H,27,31). The zero-order valence-electron chi connectivity index (χ0n) is 17.6. The first-order valence-corrected chi connectivity index (χ1v) is 11.3. The van der Waals surface area contributed by atoms with Gasteiger partial charge in [-0.25, -0.2) is 0 Å². The molecule has 1 aliphatic carbocycles. The van der Waals surface area contributed by atoms with Crippen LogP contribution in [0.15, 0.2) is 59.8 Å². The van der Waals surface area contributed by atoms with E-state index in [4.69, 9.17) is 0 Å². The van der Waals surface area contributed by atoms with Gasteiger partial charge in [-0.05, 0) is 43.0 Å². The second-order valence-corrected chi connectivity index (χ2v) is 9.21. The monoisotopic (exact) mass is 460 g/mol. The minimum Gasteiger partial charge on any atom is -0.325 e. The van der Waals surface area contributed by atoms with Crippen LogP contribution in [0.4, 0.5) is 18.9 Å². The highest BCUT2D eigenvalue weighted by Crippen LogP contribution is 2.42. The number of nitrogens with one attached hydrogen (secondary N) is 1. The van der Waals surface area contributed by atoms with Gasteiger partial charge in [0.2, 0.25) is 5.91 Å². The van der Waals surface area contributed by atoms with Crippen LogP contribution in [0, 0.1) is 5.92 Å². The Morgan fingerprint density at radius 3 is 2.34 bits per heavy atom. The third kappa shape index (κ3) is 4.82. The summed E-state index contributed by atoms with van der Waals surface area (Å²) in [4.78, 5) is 13.1. The van der Waals surface area contributed by atoms with Crippen molar-refractivity contribution in [3.05, 3.63) is 66.0 Å². The fraction of sp³-hybridized carbons (Fsp3) is 0.348. The molecule has 0 aliphatic heterocycles. The zero-order valence-corrected chi connectivity index (χ0v) is 18.5. The molecule has 1 saturated carbocycles. The number of carbonyl (C=O) groups excluding carboxylic acids is 1. The number of amides is 1. The van der Waals surface area contributed by atoms with Gasteiger partial charge in [0.1, 0.15) is 5.82 Å². The first-order valence-electron chi connectivity index (χ1n) is 10.4. The molecule has 1 atom stereocenters. The van der Waals surface area contributed by atoms with E-state index in [9.17, 15) is 18.0 Å². The van der Waals surface area contributed by atoms with Crippen molar-refractivity contribution in [2.45, 2.75) is 49.2 Å². The summed E-state index contributed by atoms with van der Waals surface area (Å²) in [5.41, 5.74) is -0.226. The van der Waals surface area contributed by atoms with Gasteiger partial charge < -0.3 is 5.32 Å². The lowest BCUT2D eigenvalue weighted by molar-refractivity contribution is -0.137. The van der Waals surface area contributed by atoms with Gasteiger partial charge in [-0.3, -0.25) is 9.36 Å². The van der Waals surface area contributed by atoms with Gasteiger partial charge in [0.15, 0.2) is 5.16 Å². The van der Waals surface area contributed by atoms with Crippen molar-refractivity contribution in [2.75, 3.05) is 5.32 Å². The molecule has 1 amide bonds. The van der Waals surface area contributed by atoms with Crippen LogP contribution in [0.3, 0.4) is 0 Å². The number of carbonyl (C=O) groups is 1. The number of rotatable bonds is 7. The van der Waals surface area contributed by atoms with E-state index in [0.29, 0.717) is 11.1 Å². The van der Waals surface area contributed by atoms with Crippen molar-refractivity contribution in [2.24, 2.45) is 5.92 Å². The van der Waals surface area contributed by atoms with E-state index in [1.54, 1.807) is 0 Å². The largest absolute Gasteiger partial charge is 0.418 e. The molecule has 1 aliphatic rings. The summed E-state index contributed by atoms with van der Waals surface area (Å²) in [6, 6.07) is 14.6. The van der Waals surface area contributed by atoms with E-state index >= 15 is 0 Å². The highest BCUT2D eigenvalue weighted by molar-refractivity contribution is 8.00.